The number of benzene rings is 2. The summed E-state index contributed by atoms with van der Waals surface area (Å²) in [5.41, 5.74) is 2.13. The maximum atomic E-state index is 12.9. The standard InChI is InChI=1S/C20H20FNO2/c1-23-18-8-2-15(3-9-18)12-13-22-14-19-10-11-20(24-19)16-4-6-17(21)7-5-16/h2-11,22H,12-14H2,1H3. The van der Waals surface area contributed by atoms with Crippen LogP contribution >= 0.6 is 0 Å². The van der Waals surface area contributed by atoms with Gasteiger partial charge >= 0.3 is 0 Å². The van der Waals surface area contributed by atoms with Crippen LogP contribution in [-0.4, -0.2) is 13.7 Å². The van der Waals surface area contributed by atoms with Crippen LogP contribution in [0.3, 0.4) is 0 Å². The largest absolute Gasteiger partial charge is 0.497 e. The number of ether oxygens (including phenoxy) is 1. The van der Waals surface area contributed by atoms with Crippen LogP contribution in [0.25, 0.3) is 11.3 Å². The van der Waals surface area contributed by atoms with Crippen molar-refractivity contribution in [3.8, 4) is 17.1 Å². The Balaban J connectivity index is 1.47. The number of halogens is 1. The SMILES string of the molecule is COc1ccc(CCNCc2ccc(-c3ccc(F)cc3)o2)cc1. The average Bonchev–Trinajstić information content (AvgIpc) is 3.09. The van der Waals surface area contributed by atoms with E-state index < -0.39 is 0 Å². The summed E-state index contributed by atoms with van der Waals surface area (Å²) in [6, 6.07) is 18.2. The molecule has 124 valence electrons. The second kappa shape index (κ2) is 7.79. The third-order valence-electron chi connectivity index (χ3n) is 3.84. The van der Waals surface area contributed by atoms with Crippen LogP contribution in [-0.2, 0) is 13.0 Å². The predicted octanol–water partition coefficient (Wildman–Crippen LogP) is 4.43. The third kappa shape index (κ3) is 4.24. The van der Waals surface area contributed by atoms with Crippen LogP contribution < -0.4 is 10.1 Å². The lowest BCUT2D eigenvalue weighted by Gasteiger charge is -2.05. The highest BCUT2D eigenvalue weighted by Gasteiger charge is 2.05. The lowest BCUT2D eigenvalue weighted by molar-refractivity contribution is 0.414. The van der Waals surface area contributed by atoms with Gasteiger partial charge in [-0.05, 0) is 67.1 Å². The molecule has 0 spiro atoms. The zero-order valence-electron chi connectivity index (χ0n) is 13.6. The molecule has 3 aromatic rings. The van der Waals surface area contributed by atoms with Crippen molar-refractivity contribution in [2.24, 2.45) is 0 Å². The summed E-state index contributed by atoms with van der Waals surface area (Å²) < 4.78 is 23.9. The van der Waals surface area contributed by atoms with Crippen LogP contribution in [0.15, 0.2) is 65.1 Å². The first-order chi connectivity index (χ1) is 11.7. The second-order valence-corrected chi connectivity index (χ2v) is 5.55. The Kier molecular flexibility index (Phi) is 5.29. The first kappa shape index (κ1) is 16.3. The molecule has 0 bridgehead atoms. The molecule has 1 heterocycles. The van der Waals surface area contributed by atoms with Crippen molar-refractivity contribution in [2.75, 3.05) is 13.7 Å². The Morgan fingerprint density at radius 2 is 1.71 bits per heavy atom. The molecule has 0 aliphatic rings. The maximum absolute atomic E-state index is 12.9. The van der Waals surface area contributed by atoms with E-state index in [1.54, 1.807) is 19.2 Å². The van der Waals surface area contributed by atoms with E-state index in [-0.39, 0.29) is 5.82 Å². The van der Waals surface area contributed by atoms with Gasteiger partial charge in [0.2, 0.25) is 0 Å². The Labute approximate surface area is 141 Å². The third-order valence-corrected chi connectivity index (χ3v) is 3.84. The van der Waals surface area contributed by atoms with Gasteiger partial charge in [0.25, 0.3) is 0 Å². The van der Waals surface area contributed by atoms with E-state index in [4.69, 9.17) is 9.15 Å². The summed E-state index contributed by atoms with van der Waals surface area (Å²) in [5, 5.41) is 3.37. The van der Waals surface area contributed by atoms with Gasteiger partial charge in [-0.2, -0.15) is 0 Å². The van der Waals surface area contributed by atoms with Gasteiger partial charge in [-0.15, -0.1) is 0 Å². The van der Waals surface area contributed by atoms with Gasteiger partial charge < -0.3 is 14.5 Å². The summed E-state index contributed by atoms with van der Waals surface area (Å²) in [5.74, 6) is 2.24. The van der Waals surface area contributed by atoms with E-state index in [1.165, 1.54) is 17.7 Å². The summed E-state index contributed by atoms with van der Waals surface area (Å²) >= 11 is 0. The highest BCUT2D eigenvalue weighted by atomic mass is 19.1. The Morgan fingerprint density at radius 1 is 0.958 bits per heavy atom. The molecule has 2 aromatic carbocycles. The van der Waals surface area contributed by atoms with Crippen molar-refractivity contribution < 1.29 is 13.5 Å². The van der Waals surface area contributed by atoms with Crippen molar-refractivity contribution in [1.82, 2.24) is 5.32 Å². The fourth-order valence-corrected chi connectivity index (χ4v) is 2.48. The van der Waals surface area contributed by atoms with Crippen LogP contribution in [0.2, 0.25) is 0 Å². The zero-order valence-corrected chi connectivity index (χ0v) is 13.6. The van der Waals surface area contributed by atoms with E-state index in [2.05, 4.69) is 17.4 Å². The number of furan rings is 1. The molecule has 1 N–H and O–H groups in total. The van der Waals surface area contributed by atoms with Crippen LogP contribution in [0.1, 0.15) is 11.3 Å². The van der Waals surface area contributed by atoms with Gasteiger partial charge in [0.15, 0.2) is 0 Å². The van der Waals surface area contributed by atoms with Crippen molar-refractivity contribution in [3.05, 3.63) is 77.8 Å². The van der Waals surface area contributed by atoms with E-state index in [9.17, 15) is 4.39 Å². The Hall–Kier alpha value is -2.59. The molecule has 0 unspecified atom stereocenters. The molecule has 24 heavy (non-hydrogen) atoms. The first-order valence-corrected chi connectivity index (χ1v) is 7.93. The van der Waals surface area contributed by atoms with Crippen molar-refractivity contribution in [3.63, 3.8) is 0 Å². The average molecular weight is 325 g/mol. The topological polar surface area (TPSA) is 34.4 Å². The molecular formula is C20H20FNO2. The molecule has 4 heteroatoms. The predicted molar refractivity (Wildman–Crippen MR) is 92.5 cm³/mol. The molecule has 0 aliphatic carbocycles. The van der Waals surface area contributed by atoms with E-state index >= 15 is 0 Å². The summed E-state index contributed by atoms with van der Waals surface area (Å²) in [6.07, 6.45) is 0.940. The maximum Gasteiger partial charge on any atom is 0.134 e. The van der Waals surface area contributed by atoms with Crippen LogP contribution in [0.5, 0.6) is 5.75 Å². The highest BCUT2D eigenvalue weighted by molar-refractivity contribution is 5.57. The molecule has 0 amide bonds. The molecule has 1 aromatic heterocycles. The quantitative estimate of drug-likeness (QED) is 0.653. The minimum Gasteiger partial charge on any atom is -0.497 e. The van der Waals surface area contributed by atoms with E-state index in [0.717, 1.165) is 35.8 Å². The fourth-order valence-electron chi connectivity index (χ4n) is 2.48. The van der Waals surface area contributed by atoms with Gasteiger partial charge in [-0.3, -0.25) is 0 Å². The van der Waals surface area contributed by atoms with Crippen LogP contribution in [0.4, 0.5) is 4.39 Å². The molecule has 0 fully saturated rings. The monoisotopic (exact) mass is 325 g/mol. The second-order valence-electron chi connectivity index (χ2n) is 5.55. The fraction of sp³-hybridized carbons (Fsp3) is 0.200. The van der Waals surface area contributed by atoms with Crippen molar-refractivity contribution in [1.29, 1.82) is 0 Å². The summed E-state index contributed by atoms with van der Waals surface area (Å²) in [7, 11) is 1.67. The van der Waals surface area contributed by atoms with Crippen molar-refractivity contribution in [2.45, 2.75) is 13.0 Å². The lowest BCUT2D eigenvalue weighted by Crippen LogP contribution is -2.16. The van der Waals surface area contributed by atoms with Gasteiger partial charge in [-0.1, -0.05) is 12.1 Å². The molecule has 3 rings (SSSR count). The molecular weight excluding hydrogens is 305 g/mol. The highest BCUT2D eigenvalue weighted by Crippen LogP contribution is 2.22. The van der Waals surface area contributed by atoms with Gasteiger partial charge in [0.05, 0.1) is 13.7 Å². The Bertz CT molecular complexity index is 763. The minimum atomic E-state index is -0.245. The molecule has 3 nitrogen and oxygen atoms in total. The smallest absolute Gasteiger partial charge is 0.134 e. The lowest BCUT2D eigenvalue weighted by atomic mass is 10.1. The number of hydrogen-bond donors (Lipinski definition) is 1. The van der Waals surface area contributed by atoms with Crippen molar-refractivity contribution >= 4 is 0 Å². The molecule has 0 atom stereocenters. The van der Waals surface area contributed by atoms with E-state index in [1.807, 2.05) is 24.3 Å². The summed E-state index contributed by atoms with van der Waals surface area (Å²) in [4.78, 5) is 0. The van der Waals surface area contributed by atoms with Gasteiger partial charge in [-0.25, -0.2) is 4.39 Å². The number of rotatable bonds is 7. The molecule has 0 saturated heterocycles. The van der Waals surface area contributed by atoms with Gasteiger partial charge in [0, 0.05) is 5.56 Å². The first-order valence-electron chi connectivity index (χ1n) is 7.93. The van der Waals surface area contributed by atoms with E-state index in [0.29, 0.717) is 6.54 Å². The number of methoxy groups -OCH3 is 1. The van der Waals surface area contributed by atoms with Crippen LogP contribution in [0, 0.1) is 5.82 Å². The molecule has 0 saturated carbocycles. The molecule has 0 radical (unpaired) electrons. The number of hydrogen-bond acceptors (Lipinski definition) is 3. The minimum absolute atomic E-state index is 0.245. The summed E-state index contributed by atoms with van der Waals surface area (Å²) in [6.45, 7) is 1.52. The zero-order chi connectivity index (χ0) is 16.8. The molecule has 0 aliphatic heterocycles. The Morgan fingerprint density at radius 3 is 2.42 bits per heavy atom. The number of nitrogens with one attached hydrogen (secondary N) is 1. The normalized spacial score (nSPS) is 10.8. The van der Waals surface area contributed by atoms with Gasteiger partial charge in [0.1, 0.15) is 23.1 Å².